The molecule has 1 heterocycles. The molecular formula is C30H26BrN3O. The van der Waals surface area contributed by atoms with Crippen LogP contribution in [0.25, 0.3) is 33.5 Å². The summed E-state index contributed by atoms with van der Waals surface area (Å²) in [4.78, 5) is 13.0. The van der Waals surface area contributed by atoms with E-state index >= 15 is 0 Å². The Morgan fingerprint density at radius 3 is 1.63 bits per heavy atom. The first-order valence-corrected chi connectivity index (χ1v) is 11.3. The van der Waals surface area contributed by atoms with Gasteiger partial charge in [0.15, 0.2) is 5.78 Å². The molecule has 0 aliphatic heterocycles. The van der Waals surface area contributed by atoms with E-state index in [2.05, 4.69) is 48.5 Å². The van der Waals surface area contributed by atoms with Gasteiger partial charge in [0.2, 0.25) is 0 Å². The molecule has 5 rings (SSSR count). The molecule has 0 amide bonds. The number of imidazole rings is 1. The van der Waals surface area contributed by atoms with Gasteiger partial charge in [-0.2, -0.15) is 0 Å². The lowest BCUT2D eigenvalue weighted by molar-refractivity contribution is -0.667. The van der Waals surface area contributed by atoms with Crippen LogP contribution in [0.2, 0.25) is 0 Å². The van der Waals surface area contributed by atoms with E-state index in [-0.39, 0.29) is 29.3 Å². The zero-order chi connectivity index (χ0) is 23.5. The molecule has 5 aromatic rings. The summed E-state index contributed by atoms with van der Waals surface area (Å²) in [6.07, 6.45) is 1.95. The summed E-state index contributed by atoms with van der Waals surface area (Å²) < 4.78 is 3.73. The second kappa shape index (κ2) is 10.5. The third-order valence-electron chi connectivity index (χ3n) is 6.19. The highest BCUT2D eigenvalue weighted by Gasteiger charge is 2.20. The minimum Gasteiger partial charge on any atom is -1.00 e. The molecule has 0 aliphatic carbocycles. The maximum atomic E-state index is 13.0. The van der Waals surface area contributed by atoms with Crippen molar-refractivity contribution in [2.24, 2.45) is 7.05 Å². The van der Waals surface area contributed by atoms with Crippen molar-refractivity contribution >= 4 is 11.7 Å². The predicted molar refractivity (Wildman–Crippen MR) is 137 cm³/mol. The summed E-state index contributed by atoms with van der Waals surface area (Å²) in [7, 11) is 1.92. The maximum Gasteiger partial charge on any atom is 0.355 e. The molecule has 0 bridgehead atoms. The van der Waals surface area contributed by atoms with E-state index < -0.39 is 0 Å². The van der Waals surface area contributed by atoms with Crippen LogP contribution in [0.4, 0.5) is 5.95 Å². The van der Waals surface area contributed by atoms with Gasteiger partial charge in [0, 0.05) is 11.1 Å². The van der Waals surface area contributed by atoms with Gasteiger partial charge < -0.3 is 17.0 Å². The monoisotopic (exact) mass is 523 g/mol. The van der Waals surface area contributed by atoms with Crippen molar-refractivity contribution in [3.05, 3.63) is 121 Å². The number of rotatable bonds is 6. The van der Waals surface area contributed by atoms with Gasteiger partial charge >= 0.3 is 5.95 Å². The summed E-state index contributed by atoms with van der Waals surface area (Å²) in [5.74, 6) is 0.560. The zero-order valence-corrected chi connectivity index (χ0v) is 21.0. The number of nitrogens with two attached hydrogens (primary N) is 1. The number of benzene rings is 4. The molecule has 0 aliphatic rings. The second-order valence-electron chi connectivity index (χ2n) is 8.37. The number of anilines is 1. The van der Waals surface area contributed by atoms with E-state index in [4.69, 9.17) is 5.73 Å². The first kappa shape index (κ1) is 24.2. The highest BCUT2D eigenvalue weighted by molar-refractivity contribution is 5.95. The Morgan fingerprint density at radius 1 is 0.686 bits per heavy atom. The van der Waals surface area contributed by atoms with Crippen molar-refractivity contribution in [2.75, 3.05) is 5.73 Å². The standard InChI is InChI=1S/C30H25N3O.BrH/c1-32-28(26-16-12-24(13-17-26)22-8-4-2-5-9-22)20-33(30(32)31)21-29(34)27-18-14-25(15-19-27)23-10-6-3-7-11-23;/h2-20,31H,21H2,1H3;1H. The highest BCUT2D eigenvalue weighted by atomic mass is 79.9. The van der Waals surface area contributed by atoms with Crippen LogP contribution >= 0.6 is 0 Å². The van der Waals surface area contributed by atoms with E-state index in [1.54, 1.807) is 0 Å². The molecule has 0 fully saturated rings. The molecule has 2 N–H and O–H groups in total. The lowest BCUT2D eigenvalue weighted by Gasteiger charge is -2.04. The van der Waals surface area contributed by atoms with Gasteiger partial charge in [-0.15, -0.1) is 0 Å². The Kier molecular flexibility index (Phi) is 7.28. The molecule has 0 atom stereocenters. The van der Waals surface area contributed by atoms with E-state index in [0.717, 1.165) is 27.9 Å². The number of Topliss-reactive ketones (excluding diaryl/α,β-unsaturated/α-hetero) is 1. The van der Waals surface area contributed by atoms with Crippen LogP contribution in [0, 0.1) is 0 Å². The summed E-state index contributed by atoms with van der Waals surface area (Å²) >= 11 is 0. The van der Waals surface area contributed by atoms with Gasteiger partial charge in [-0.1, -0.05) is 109 Å². The molecule has 0 saturated heterocycles. The molecular weight excluding hydrogens is 498 g/mol. The average molecular weight is 524 g/mol. The molecule has 174 valence electrons. The number of hydrogen-bond donors (Lipinski definition) is 1. The number of halogens is 1. The van der Waals surface area contributed by atoms with Crippen LogP contribution in [-0.2, 0) is 13.6 Å². The number of ketones is 1. The van der Waals surface area contributed by atoms with E-state index in [1.165, 1.54) is 5.56 Å². The number of nitrogens with zero attached hydrogens (tertiary/aromatic N) is 2. The van der Waals surface area contributed by atoms with Crippen molar-refractivity contribution in [3.8, 4) is 33.5 Å². The van der Waals surface area contributed by atoms with Crippen LogP contribution in [0.15, 0.2) is 115 Å². The zero-order valence-electron chi connectivity index (χ0n) is 19.4. The fraction of sp³-hybridized carbons (Fsp3) is 0.0667. The van der Waals surface area contributed by atoms with E-state index in [1.807, 2.05) is 83.0 Å². The first-order chi connectivity index (χ1) is 16.6. The fourth-order valence-electron chi connectivity index (χ4n) is 4.20. The Labute approximate surface area is 216 Å². The average Bonchev–Trinajstić information content (AvgIpc) is 3.18. The van der Waals surface area contributed by atoms with Crippen molar-refractivity contribution in [1.29, 1.82) is 0 Å². The molecule has 35 heavy (non-hydrogen) atoms. The first-order valence-electron chi connectivity index (χ1n) is 11.3. The Hall–Kier alpha value is -3.96. The van der Waals surface area contributed by atoms with Crippen LogP contribution in [0.1, 0.15) is 10.4 Å². The second-order valence-corrected chi connectivity index (χ2v) is 8.37. The molecule has 0 spiro atoms. The molecule has 4 aromatic carbocycles. The van der Waals surface area contributed by atoms with Gasteiger partial charge in [-0.05, 0) is 22.3 Å². The smallest absolute Gasteiger partial charge is 0.355 e. The SMILES string of the molecule is Cn1c(-c2ccc(-c3ccccc3)cc2)c[n+](CC(=O)c2ccc(-c3ccccc3)cc2)c1N.[Br-]. The minimum absolute atomic E-state index is 0. The Morgan fingerprint density at radius 2 is 1.11 bits per heavy atom. The highest BCUT2D eigenvalue weighted by Crippen LogP contribution is 2.25. The molecule has 4 nitrogen and oxygen atoms in total. The third-order valence-corrected chi connectivity index (χ3v) is 6.19. The number of carbonyl (C=O) groups is 1. The summed E-state index contributed by atoms with van der Waals surface area (Å²) in [6.45, 7) is 0.187. The number of hydrogen-bond acceptors (Lipinski definition) is 2. The lowest BCUT2D eigenvalue weighted by Crippen LogP contribution is -3.00. The van der Waals surface area contributed by atoms with Crippen molar-refractivity contribution < 1.29 is 26.3 Å². The van der Waals surface area contributed by atoms with Crippen LogP contribution in [-0.4, -0.2) is 10.4 Å². The largest absolute Gasteiger partial charge is 1.00 e. The normalized spacial score (nSPS) is 10.5. The van der Waals surface area contributed by atoms with Gasteiger partial charge in [-0.3, -0.25) is 10.5 Å². The Balaban J connectivity index is 0.00000289. The molecule has 0 radical (unpaired) electrons. The lowest BCUT2D eigenvalue weighted by atomic mass is 10.0. The van der Waals surface area contributed by atoms with Crippen molar-refractivity contribution in [3.63, 3.8) is 0 Å². The molecule has 5 heteroatoms. The van der Waals surface area contributed by atoms with Crippen LogP contribution in [0.5, 0.6) is 0 Å². The quantitative estimate of drug-likeness (QED) is 0.275. The fourth-order valence-corrected chi connectivity index (χ4v) is 4.20. The van der Waals surface area contributed by atoms with Gasteiger partial charge in [0.1, 0.15) is 18.4 Å². The Bertz CT molecular complexity index is 1430. The molecule has 1 aromatic heterocycles. The summed E-state index contributed by atoms with van der Waals surface area (Å²) in [5.41, 5.74) is 13.6. The summed E-state index contributed by atoms with van der Waals surface area (Å²) in [6, 6.07) is 36.6. The van der Waals surface area contributed by atoms with Crippen LogP contribution < -0.4 is 27.3 Å². The third kappa shape index (κ3) is 5.10. The number of carbonyl (C=O) groups excluding carboxylic acids is 1. The number of nitrogen functional groups attached to an aromatic ring is 1. The molecule has 0 unspecified atom stereocenters. The van der Waals surface area contributed by atoms with Gasteiger partial charge in [-0.25, -0.2) is 9.13 Å². The van der Waals surface area contributed by atoms with E-state index in [0.29, 0.717) is 11.5 Å². The van der Waals surface area contributed by atoms with Crippen molar-refractivity contribution in [1.82, 2.24) is 4.57 Å². The predicted octanol–water partition coefficient (Wildman–Crippen LogP) is 2.78. The minimum atomic E-state index is 0. The summed E-state index contributed by atoms with van der Waals surface area (Å²) in [5, 5.41) is 0. The van der Waals surface area contributed by atoms with Gasteiger partial charge in [0.25, 0.3) is 0 Å². The topological polar surface area (TPSA) is 51.9 Å². The number of aromatic nitrogens is 2. The van der Waals surface area contributed by atoms with Crippen LogP contribution in [0.3, 0.4) is 0 Å². The molecule has 0 saturated carbocycles. The van der Waals surface area contributed by atoms with E-state index in [9.17, 15) is 4.79 Å². The maximum absolute atomic E-state index is 13.0. The van der Waals surface area contributed by atoms with Crippen molar-refractivity contribution in [2.45, 2.75) is 6.54 Å². The van der Waals surface area contributed by atoms with Gasteiger partial charge in [0.05, 0.1) is 7.05 Å².